The number of hydrogen-bond donors (Lipinski definition) is 0. The summed E-state index contributed by atoms with van der Waals surface area (Å²) in [5.74, 6) is 0.481. The van der Waals surface area contributed by atoms with Crippen molar-refractivity contribution in [1.29, 1.82) is 0 Å². The average molecular weight is 527 g/mol. The van der Waals surface area contributed by atoms with Crippen LogP contribution in [0.15, 0.2) is 41.5 Å². The van der Waals surface area contributed by atoms with Gasteiger partial charge in [0.1, 0.15) is 41.2 Å². The van der Waals surface area contributed by atoms with Gasteiger partial charge in [-0.3, -0.25) is 14.6 Å². The van der Waals surface area contributed by atoms with Crippen LogP contribution in [0.1, 0.15) is 62.7 Å². The van der Waals surface area contributed by atoms with E-state index in [0.29, 0.717) is 35.6 Å². The number of hydrogen-bond acceptors (Lipinski definition) is 8. The number of aromatic nitrogens is 1. The standard InChI is InChI=1S/C28H31ClN2O6/c1-25(2,3)37-24(33)12-23-31-28(16-35-23)19-10-17(11-21(32)20-8-7-18(29)13-30-20)6-9-22(19)36-26(4,5)27(28)14-34-15-27/h6-10,13H,11-12,14-16H2,1-5H3. The van der Waals surface area contributed by atoms with Crippen LogP contribution in [0.4, 0.5) is 0 Å². The predicted molar refractivity (Wildman–Crippen MR) is 137 cm³/mol. The van der Waals surface area contributed by atoms with Crippen LogP contribution < -0.4 is 4.74 Å². The summed E-state index contributed by atoms with van der Waals surface area (Å²) in [4.78, 5) is 34.7. The zero-order valence-electron chi connectivity index (χ0n) is 21.7. The van der Waals surface area contributed by atoms with Gasteiger partial charge in [0.05, 0.1) is 23.7 Å². The lowest BCUT2D eigenvalue weighted by Crippen LogP contribution is -2.71. The van der Waals surface area contributed by atoms with E-state index >= 15 is 0 Å². The molecule has 8 nitrogen and oxygen atoms in total. The van der Waals surface area contributed by atoms with Crippen molar-refractivity contribution in [2.45, 2.75) is 64.2 Å². The van der Waals surface area contributed by atoms with Crippen LogP contribution in [0.25, 0.3) is 0 Å². The van der Waals surface area contributed by atoms with E-state index in [-0.39, 0.29) is 25.2 Å². The van der Waals surface area contributed by atoms with E-state index in [9.17, 15) is 9.59 Å². The van der Waals surface area contributed by atoms with Crippen LogP contribution in [0, 0.1) is 5.41 Å². The first-order valence-corrected chi connectivity index (χ1v) is 12.7. The van der Waals surface area contributed by atoms with E-state index in [2.05, 4.69) is 4.98 Å². The van der Waals surface area contributed by atoms with E-state index in [1.54, 1.807) is 12.1 Å². The molecule has 0 amide bonds. The number of benzene rings is 1. The number of aliphatic imine (C=N–C) groups is 1. The fourth-order valence-corrected chi connectivity index (χ4v) is 5.49. The van der Waals surface area contributed by atoms with Crippen LogP contribution in [-0.2, 0) is 31.0 Å². The quantitative estimate of drug-likeness (QED) is 0.411. The third-order valence-corrected chi connectivity index (χ3v) is 7.58. The molecule has 37 heavy (non-hydrogen) atoms. The van der Waals surface area contributed by atoms with Crippen LogP contribution >= 0.6 is 11.6 Å². The van der Waals surface area contributed by atoms with Crippen LogP contribution in [0.2, 0.25) is 5.02 Å². The lowest BCUT2D eigenvalue weighted by Gasteiger charge is -2.61. The van der Waals surface area contributed by atoms with Gasteiger partial charge in [-0.1, -0.05) is 17.7 Å². The molecule has 1 atom stereocenters. The third kappa shape index (κ3) is 4.40. The first kappa shape index (κ1) is 25.7. The molecular weight excluding hydrogens is 496 g/mol. The Labute approximate surface area is 221 Å². The Morgan fingerprint density at radius 2 is 1.84 bits per heavy atom. The number of carbonyl (C=O) groups is 2. The van der Waals surface area contributed by atoms with Gasteiger partial charge in [0, 0.05) is 18.2 Å². The second kappa shape index (κ2) is 8.81. The summed E-state index contributed by atoms with van der Waals surface area (Å²) < 4.78 is 23.8. The molecule has 0 radical (unpaired) electrons. The summed E-state index contributed by atoms with van der Waals surface area (Å²) in [5, 5.41) is 0.473. The highest BCUT2D eigenvalue weighted by atomic mass is 35.5. The summed E-state index contributed by atoms with van der Waals surface area (Å²) in [6, 6.07) is 8.99. The largest absolute Gasteiger partial charge is 0.487 e. The Hall–Kier alpha value is -2.97. The number of nitrogens with zero attached hydrogens (tertiary/aromatic N) is 2. The Balaban J connectivity index is 1.52. The normalized spacial score (nSPS) is 22.9. The number of halogens is 1. The lowest BCUT2D eigenvalue weighted by atomic mass is 9.55. The summed E-state index contributed by atoms with van der Waals surface area (Å²) in [7, 11) is 0. The van der Waals surface area contributed by atoms with Gasteiger partial charge in [-0.25, -0.2) is 4.99 Å². The molecule has 1 aromatic heterocycles. The fourth-order valence-electron chi connectivity index (χ4n) is 5.38. The number of fused-ring (bicyclic) bond motifs is 3. The number of esters is 1. The molecule has 3 aliphatic heterocycles. The molecule has 4 heterocycles. The molecule has 0 bridgehead atoms. The summed E-state index contributed by atoms with van der Waals surface area (Å²) in [6.07, 6.45) is 1.55. The van der Waals surface area contributed by atoms with Gasteiger partial charge < -0.3 is 18.9 Å². The number of pyridine rings is 1. The number of ketones is 1. The molecule has 2 aromatic rings. The second-order valence-electron chi connectivity index (χ2n) is 11.4. The summed E-state index contributed by atoms with van der Waals surface area (Å²) in [5.41, 5.74) is -0.597. The van der Waals surface area contributed by atoms with Crippen molar-refractivity contribution in [3.05, 3.63) is 58.4 Å². The molecule has 1 unspecified atom stereocenters. The summed E-state index contributed by atoms with van der Waals surface area (Å²) >= 11 is 5.92. The van der Waals surface area contributed by atoms with Crippen molar-refractivity contribution in [3.63, 3.8) is 0 Å². The van der Waals surface area contributed by atoms with Crippen molar-refractivity contribution < 1.29 is 28.5 Å². The number of carbonyl (C=O) groups excluding carboxylic acids is 2. The Morgan fingerprint density at radius 3 is 2.46 bits per heavy atom. The minimum absolute atomic E-state index is 0.0625. The highest BCUT2D eigenvalue weighted by molar-refractivity contribution is 6.30. The molecule has 196 valence electrons. The highest BCUT2D eigenvalue weighted by Crippen LogP contribution is 2.62. The van der Waals surface area contributed by atoms with Crippen molar-refractivity contribution in [2.24, 2.45) is 10.4 Å². The first-order valence-electron chi connectivity index (χ1n) is 12.3. The Kier molecular flexibility index (Phi) is 6.11. The smallest absolute Gasteiger partial charge is 0.315 e. The molecular formula is C28H31ClN2O6. The molecule has 0 saturated carbocycles. The van der Waals surface area contributed by atoms with Crippen molar-refractivity contribution in [1.82, 2.24) is 4.98 Å². The SMILES string of the molecule is CC(C)(C)OC(=O)CC1=NC2(CO1)c1cc(CC(=O)c3ccc(Cl)cn3)ccc1OC(C)(C)C21COC1. The Bertz CT molecular complexity index is 1280. The number of ether oxygens (including phenoxy) is 4. The van der Waals surface area contributed by atoms with Gasteiger partial charge in [-0.15, -0.1) is 0 Å². The van der Waals surface area contributed by atoms with Gasteiger partial charge in [-0.2, -0.15) is 0 Å². The molecule has 2 spiro atoms. The molecule has 9 heteroatoms. The van der Waals surface area contributed by atoms with E-state index in [1.165, 1.54) is 6.20 Å². The maximum atomic E-state index is 12.9. The minimum atomic E-state index is -0.836. The van der Waals surface area contributed by atoms with E-state index in [1.807, 2.05) is 52.8 Å². The maximum absolute atomic E-state index is 12.9. The first-order chi connectivity index (χ1) is 17.3. The van der Waals surface area contributed by atoms with Crippen LogP contribution in [0.5, 0.6) is 5.75 Å². The van der Waals surface area contributed by atoms with Gasteiger partial charge >= 0.3 is 5.97 Å². The van der Waals surface area contributed by atoms with Crippen molar-refractivity contribution in [2.75, 3.05) is 19.8 Å². The molecule has 1 saturated heterocycles. The predicted octanol–water partition coefficient (Wildman–Crippen LogP) is 4.70. The van der Waals surface area contributed by atoms with Gasteiger partial charge in [0.15, 0.2) is 11.7 Å². The topological polar surface area (TPSA) is 96.3 Å². The maximum Gasteiger partial charge on any atom is 0.315 e. The van der Waals surface area contributed by atoms with Gasteiger partial charge in [0.25, 0.3) is 0 Å². The molecule has 1 aromatic carbocycles. The highest BCUT2D eigenvalue weighted by Gasteiger charge is 2.71. The third-order valence-electron chi connectivity index (χ3n) is 7.35. The fraction of sp³-hybridized carbons (Fsp3) is 0.500. The molecule has 3 aliphatic rings. The van der Waals surface area contributed by atoms with Crippen molar-refractivity contribution >= 4 is 29.3 Å². The van der Waals surface area contributed by atoms with E-state index in [4.69, 9.17) is 35.5 Å². The number of rotatable bonds is 5. The average Bonchev–Trinajstić information content (AvgIpc) is 3.15. The minimum Gasteiger partial charge on any atom is -0.487 e. The molecule has 0 N–H and O–H groups in total. The zero-order chi connectivity index (χ0) is 26.6. The van der Waals surface area contributed by atoms with Crippen LogP contribution in [0.3, 0.4) is 0 Å². The van der Waals surface area contributed by atoms with Crippen LogP contribution in [-0.4, -0.2) is 53.7 Å². The molecule has 0 aliphatic carbocycles. The summed E-state index contributed by atoms with van der Waals surface area (Å²) in [6.45, 7) is 10.6. The van der Waals surface area contributed by atoms with Crippen molar-refractivity contribution in [3.8, 4) is 5.75 Å². The zero-order valence-corrected chi connectivity index (χ0v) is 22.5. The second-order valence-corrected chi connectivity index (χ2v) is 11.8. The van der Waals surface area contributed by atoms with Gasteiger partial charge in [-0.05, 0) is 64.4 Å². The molecule has 5 rings (SSSR count). The van der Waals surface area contributed by atoms with E-state index in [0.717, 1.165) is 11.1 Å². The monoisotopic (exact) mass is 526 g/mol. The number of Topliss-reactive ketones (excluding diaryl/α,β-unsaturated/α-hetero) is 1. The van der Waals surface area contributed by atoms with Gasteiger partial charge in [0.2, 0.25) is 0 Å². The van der Waals surface area contributed by atoms with E-state index < -0.39 is 28.1 Å². The molecule has 1 fully saturated rings. The Morgan fingerprint density at radius 1 is 1.08 bits per heavy atom. The lowest BCUT2D eigenvalue weighted by molar-refractivity contribution is -0.247.